The summed E-state index contributed by atoms with van der Waals surface area (Å²) >= 11 is 0. The maximum Gasteiger partial charge on any atom is 0.153 e. The van der Waals surface area contributed by atoms with Crippen LogP contribution in [0.25, 0.3) is 0 Å². The fourth-order valence-electron chi connectivity index (χ4n) is 2.79. The number of benzene rings is 1. The van der Waals surface area contributed by atoms with Gasteiger partial charge in [0, 0.05) is 29.7 Å². The number of hydrogen-bond donors (Lipinski definition) is 4. The largest absolute Gasteiger partial charge is 0.385 e. The Morgan fingerprint density at radius 2 is 1.92 bits per heavy atom. The van der Waals surface area contributed by atoms with Gasteiger partial charge in [-0.1, -0.05) is 6.07 Å². The van der Waals surface area contributed by atoms with Crippen LogP contribution in [0.3, 0.4) is 0 Å². The van der Waals surface area contributed by atoms with Crippen LogP contribution < -0.4 is 16.0 Å². The maximum atomic E-state index is 4.53. The quantitative estimate of drug-likeness (QED) is 0.589. The molecule has 0 spiro atoms. The molecule has 0 saturated heterocycles. The molecule has 0 aliphatic carbocycles. The van der Waals surface area contributed by atoms with Crippen molar-refractivity contribution in [1.29, 1.82) is 0 Å². The van der Waals surface area contributed by atoms with Gasteiger partial charge < -0.3 is 16.0 Å². The van der Waals surface area contributed by atoms with Crippen molar-refractivity contribution in [2.45, 2.75) is 19.8 Å². The lowest BCUT2D eigenvalue weighted by Gasteiger charge is -2.19. The molecule has 24 heavy (non-hydrogen) atoms. The molecule has 0 bridgehead atoms. The SMILES string of the molecule is Cc1cc(Nc2cncc(Nc3ccc4c(c3)NCCC4)n2)n[nH]1. The summed E-state index contributed by atoms with van der Waals surface area (Å²) in [4.78, 5) is 8.76. The zero-order valence-corrected chi connectivity index (χ0v) is 13.4. The van der Waals surface area contributed by atoms with Gasteiger partial charge >= 0.3 is 0 Å². The summed E-state index contributed by atoms with van der Waals surface area (Å²) in [7, 11) is 0. The Kier molecular flexibility index (Phi) is 3.74. The van der Waals surface area contributed by atoms with Crippen molar-refractivity contribution in [2.75, 3.05) is 22.5 Å². The lowest BCUT2D eigenvalue weighted by molar-refractivity contribution is 0.830. The topological polar surface area (TPSA) is 90.6 Å². The molecule has 122 valence electrons. The normalized spacial score (nSPS) is 13.0. The molecule has 4 rings (SSSR count). The molecule has 1 aliphatic rings. The number of rotatable bonds is 4. The number of fused-ring (bicyclic) bond motifs is 1. The number of nitrogens with zero attached hydrogens (tertiary/aromatic N) is 3. The molecule has 2 aromatic heterocycles. The van der Waals surface area contributed by atoms with Crippen LogP contribution in [0.2, 0.25) is 0 Å². The highest BCUT2D eigenvalue weighted by molar-refractivity contribution is 5.66. The van der Waals surface area contributed by atoms with Gasteiger partial charge in [0.05, 0.1) is 12.4 Å². The molecule has 0 saturated carbocycles. The molecular formula is C17H19N7. The smallest absolute Gasteiger partial charge is 0.153 e. The minimum absolute atomic E-state index is 0.641. The van der Waals surface area contributed by atoms with E-state index in [2.05, 4.69) is 54.3 Å². The van der Waals surface area contributed by atoms with Gasteiger partial charge in [0.1, 0.15) is 0 Å². The van der Waals surface area contributed by atoms with E-state index < -0.39 is 0 Å². The molecule has 1 aliphatic heterocycles. The van der Waals surface area contributed by atoms with Crippen molar-refractivity contribution in [3.63, 3.8) is 0 Å². The van der Waals surface area contributed by atoms with E-state index in [-0.39, 0.29) is 0 Å². The number of aromatic nitrogens is 4. The van der Waals surface area contributed by atoms with E-state index in [0.717, 1.165) is 30.2 Å². The van der Waals surface area contributed by atoms with E-state index in [1.165, 1.54) is 17.7 Å². The second kappa shape index (κ2) is 6.19. The van der Waals surface area contributed by atoms with Gasteiger partial charge in [-0.25, -0.2) is 4.98 Å². The minimum Gasteiger partial charge on any atom is -0.385 e. The fourth-order valence-corrected chi connectivity index (χ4v) is 2.79. The predicted molar refractivity (Wildman–Crippen MR) is 95.2 cm³/mol. The van der Waals surface area contributed by atoms with Crippen molar-refractivity contribution in [2.24, 2.45) is 0 Å². The summed E-state index contributed by atoms with van der Waals surface area (Å²) in [6, 6.07) is 8.26. The molecule has 1 aromatic carbocycles. The van der Waals surface area contributed by atoms with Crippen LogP contribution in [0.15, 0.2) is 36.7 Å². The van der Waals surface area contributed by atoms with E-state index >= 15 is 0 Å². The molecule has 7 nitrogen and oxygen atoms in total. The van der Waals surface area contributed by atoms with Gasteiger partial charge in [-0.05, 0) is 37.5 Å². The predicted octanol–water partition coefficient (Wildman–Crippen LogP) is 3.35. The van der Waals surface area contributed by atoms with E-state index in [1.54, 1.807) is 12.4 Å². The second-order valence-electron chi connectivity index (χ2n) is 5.88. The summed E-state index contributed by atoms with van der Waals surface area (Å²) in [6.07, 6.45) is 5.69. The first-order valence-electron chi connectivity index (χ1n) is 8.01. The summed E-state index contributed by atoms with van der Waals surface area (Å²) < 4.78 is 0. The third-order valence-corrected chi connectivity index (χ3v) is 3.92. The first-order chi connectivity index (χ1) is 11.8. The van der Waals surface area contributed by atoms with Crippen molar-refractivity contribution in [1.82, 2.24) is 20.2 Å². The Hall–Kier alpha value is -3.09. The van der Waals surface area contributed by atoms with Crippen molar-refractivity contribution in [3.05, 3.63) is 47.9 Å². The average molecular weight is 321 g/mol. The lowest BCUT2D eigenvalue weighted by atomic mass is 10.0. The zero-order chi connectivity index (χ0) is 16.4. The number of anilines is 5. The van der Waals surface area contributed by atoms with Gasteiger partial charge in [-0.2, -0.15) is 5.10 Å². The number of aryl methyl sites for hydroxylation is 2. The zero-order valence-electron chi connectivity index (χ0n) is 13.4. The number of H-pyrrole nitrogens is 1. The number of hydrogen-bond acceptors (Lipinski definition) is 6. The van der Waals surface area contributed by atoms with Gasteiger partial charge in [-0.3, -0.25) is 10.1 Å². The van der Waals surface area contributed by atoms with Gasteiger partial charge in [0.15, 0.2) is 17.5 Å². The minimum atomic E-state index is 0.641. The molecule has 0 radical (unpaired) electrons. The van der Waals surface area contributed by atoms with Crippen molar-refractivity contribution < 1.29 is 0 Å². The third-order valence-electron chi connectivity index (χ3n) is 3.92. The molecule has 3 aromatic rings. The highest BCUT2D eigenvalue weighted by Crippen LogP contribution is 2.27. The molecule has 4 N–H and O–H groups in total. The Morgan fingerprint density at radius 3 is 2.75 bits per heavy atom. The van der Waals surface area contributed by atoms with Crippen molar-refractivity contribution in [3.8, 4) is 0 Å². The average Bonchev–Trinajstić information content (AvgIpc) is 3.00. The molecule has 7 heteroatoms. The Morgan fingerprint density at radius 1 is 1.04 bits per heavy atom. The molecule has 0 atom stereocenters. The fraction of sp³-hybridized carbons (Fsp3) is 0.235. The first kappa shape index (κ1) is 14.5. The van der Waals surface area contributed by atoms with Crippen LogP contribution in [0, 0.1) is 6.92 Å². The van der Waals surface area contributed by atoms with E-state index in [4.69, 9.17) is 0 Å². The highest BCUT2D eigenvalue weighted by Gasteiger charge is 2.09. The Bertz CT molecular complexity index is 856. The van der Waals surface area contributed by atoms with Crippen LogP contribution in [-0.4, -0.2) is 26.7 Å². The van der Waals surface area contributed by atoms with Crippen LogP contribution in [0.4, 0.5) is 28.8 Å². The Labute approximate surface area is 139 Å². The van der Waals surface area contributed by atoms with Crippen molar-refractivity contribution >= 4 is 28.8 Å². The summed E-state index contributed by atoms with van der Waals surface area (Å²) in [5.74, 6) is 2.04. The summed E-state index contributed by atoms with van der Waals surface area (Å²) in [5, 5.41) is 16.9. The number of nitrogens with one attached hydrogen (secondary N) is 4. The molecular weight excluding hydrogens is 302 g/mol. The summed E-state index contributed by atoms with van der Waals surface area (Å²) in [6.45, 7) is 2.98. The highest BCUT2D eigenvalue weighted by atomic mass is 15.2. The molecule has 3 heterocycles. The number of aromatic amines is 1. The maximum absolute atomic E-state index is 4.53. The lowest BCUT2D eigenvalue weighted by Crippen LogP contribution is -2.11. The molecule has 0 amide bonds. The van der Waals surface area contributed by atoms with Crippen LogP contribution in [0.1, 0.15) is 17.7 Å². The van der Waals surface area contributed by atoms with Crippen LogP contribution in [-0.2, 0) is 6.42 Å². The van der Waals surface area contributed by atoms with E-state index in [1.807, 2.05) is 13.0 Å². The van der Waals surface area contributed by atoms with Crippen LogP contribution in [0.5, 0.6) is 0 Å². The van der Waals surface area contributed by atoms with E-state index in [0.29, 0.717) is 11.6 Å². The van der Waals surface area contributed by atoms with Gasteiger partial charge in [0.25, 0.3) is 0 Å². The van der Waals surface area contributed by atoms with Gasteiger partial charge in [0.2, 0.25) is 0 Å². The second-order valence-corrected chi connectivity index (χ2v) is 5.88. The van der Waals surface area contributed by atoms with Gasteiger partial charge in [-0.15, -0.1) is 0 Å². The summed E-state index contributed by atoms with van der Waals surface area (Å²) in [5.41, 5.74) is 4.54. The van der Waals surface area contributed by atoms with E-state index in [9.17, 15) is 0 Å². The third kappa shape index (κ3) is 3.15. The standard InChI is InChI=1S/C17H19N7/c1-11-7-15(24-23-11)21-17-10-18-9-16(22-17)20-13-5-4-12-3-2-6-19-14(12)8-13/h4-5,7-10,19H,2-3,6H2,1H3,(H3,20,21,22,23,24). The molecule has 0 fully saturated rings. The Balaban J connectivity index is 1.51. The monoisotopic (exact) mass is 321 g/mol. The first-order valence-corrected chi connectivity index (χ1v) is 8.01. The van der Waals surface area contributed by atoms with Crippen LogP contribution >= 0.6 is 0 Å². The molecule has 0 unspecified atom stereocenters.